The van der Waals surface area contributed by atoms with Gasteiger partial charge in [-0.05, 0) is 53.2 Å². The summed E-state index contributed by atoms with van der Waals surface area (Å²) in [6.07, 6.45) is 1.66. The molecule has 7 heteroatoms. The number of carbonyl (C=O) groups is 3. The molecule has 0 N–H and O–H groups in total. The smallest absolute Gasteiger partial charge is 0.308 e. The van der Waals surface area contributed by atoms with Crippen molar-refractivity contribution in [1.82, 2.24) is 4.90 Å². The summed E-state index contributed by atoms with van der Waals surface area (Å²) >= 11 is 4.30. The molecule has 132 valence electrons. The molecule has 1 fully saturated rings. The Morgan fingerprint density at radius 2 is 1.92 bits per heavy atom. The van der Waals surface area contributed by atoms with E-state index in [-0.39, 0.29) is 17.7 Å². The fourth-order valence-electron chi connectivity index (χ4n) is 2.40. The Balaban J connectivity index is 1.75. The summed E-state index contributed by atoms with van der Waals surface area (Å²) < 4.78 is 5.87. The van der Waals surface area contributed by atoms with Gasteiger partial charge in [-0.1, -0.05) is 40.2 Å². The monoisotopic (exact) mass is 431 g/mol. The standard InChI is InChI=1S/C19H14BrNO4S/c1-12(22)25-16-7-5-13(6-8-16)10-17-18(23)21(19(24)26-17)11-14-3-2-4-15(20)9-14/h2-10H,11H2,1H3/b17-10+. The predicted octanol–water partition coefficient (Wildman–Crippen LogP) is 4.61. The van der Waals surface area contributed by atoms with Gasteiger partial charge in [0.2, 0.25) is 0 Å². The second-order valence-electron chi connectivity index (χ2n) is 5.56. The maximum atomic E-state index is 12.6. The summed E-state index contributed by atoms with van der Waals surface area (Å²) in [6, 6.07) is 14.2. The Morgan fingerprint density at radius 1 is 1.19 bits per heavy atom. The zero-order valence-electron chi connectivity index (χ0n) is 13.8. The molecule has 0 unspecified atom stereocenters. The molecular formula is C19H14BrNO4S. The van der Waals surface area contributed by atoms with Crippen LogP contribution in [0.3, 0.4) is 0 Å². The highest BCUT2D eigenvalue weighted by Crippen LogP contribution is 2.33. The molecule has 1 aliphatic heterocycles. The van der Waals surface area contributed by atoms with Crippen molar-refractivity contribution in [1.29, 1.82) is 0 Å². The first-order chi connectivity index (χ1) is 12.4. The highest BCUT2D eigenvalue weighted by Gasteiger charge is 2.34. The van der Waals surface area contributed by atoms with Crippen LogP contribution in [0.5, 0.6) is 5.75 Å². The van der Waals surface area contributed by atoms with Gasteiger partial charge in [0.25, 0.3) is 11.1 Å². The molecule has 26 heavy (non-hydrogen) atoms. The maximum absolute atomic E-state index is 12.6. The van der Waals surface area contributed by atoms with Gasteiger partial charge in [0.1, 0.15) is 5.75 Å². The van der Waals surface area contributed by atoms with Gasteiger partial charge >= 0.3 is 5.97 Å². The van der Waals surface area contributed by atoms with Crippen LogP contribution in [0.4, 0.5) is 4.79 Å². The van der Waals surface area contributed by atoms with Gasteiger partial charge in [0.15, 0.2) is 0 Å². The van der Waals surface area contributed by atoms with E-state index in [9.17, 15) is 14.4 Å². The Labute approximate surface area is 163 Å². The van der Waals surface area contributed by atoms with Gasteiger partial charge in [-0.3, -0.25) is 19.3 Å². The summed E-state index contributed by atoms with van der Waals surface area (Å²) in [5, 5.41) is -0.294. The van der Waals surface area contributed by atoms with Gasteiger partial charge in [-0.25, -0.2) is 0 Å². The highest BCUT2D eigenvalue weighted by molar-refractivity contribution is 9.10. The zero-order valence-corrected chi connectivity index (χ0v) is 16.2. The van der Waals surface area contributed by atoms with Gasteiger partial charge in [-0.2, -0.15) is 0 Å². The summed E-state index contributed by atoms with van der Waals surface area (Å²) in [6.45, 7) is 1.56. The number of imide groups is 1. The molecule has 1 heterocycles. The fraction of sp³-hybridized carbons (Fsp3) is 0.105. The molecule has 1 saturated heterocycles. The molecule has 0 aliphatic carbocycles. The van der Waals surface area contributed by atoms with Crippen molar-refractivity contribution < 1.29 is 19.1 Å². The molecule has 3 rings (SSSR count). The molecule has 0 aromatic heterocycles. The SMILES string of the molecule is CC(=O)Oc1ccc(/C=C2/SC(=O)N(Cc3cccc(Br)c3)C2=O)cc1. The van der Waals surface area contributed by atoms with Gasteiger partial charge in [0, 0.05) is 11.4 Å². The molecule has 2 aromatic rings. The molecular weight excluding hydrogens is 418 g/mol. The van der Waals surface area contributed by atoms with E-state index in [2.05, 4.69) is 15.9 Å². The molecule has 0 atom stereocenters. The highest BCUT2D eigenvalue weighted by atomic mass is 79.9. The molecule has 0 spiro atoms. The van der Waals surface area contributed by atoms with E-state index in [1.807, 2.05) is 24.3 Å². The van der Waals surface area contributed by atoms with Crippen molar-refractivity contribution in [2.45, 2.75) is 13.5 Å². The quantitative estimate of drug-likeness (QED) is 0.401. The molecule has 0 saturated carbocycles. The van der Waals surface area contributed by atoms with Crippen molar-refractivity contribution in [2.75, 3.05) is 0 Å². The van der Waals surface area contributed by atoms with Gasteiger partial charge < -0.3 is 4.74 Å². The zero-order chi connectivity index (χ0) is 18.7. The van der Waals surface area contributed by atoms with E-state index in [0.717, 1.165) is 27.4 Å². The van der Waals surface area contributed by atoms with Crippen LogP contribution >= 0.6 is 27.7 Å². The lowest BCUT2D eigenvalue weighted by Crippen LogP contribution is -2.27. The molecule has 0 radical (unpaired) electrons. The number of rotatable bonds is 4. The van der Waals surface area contributed by atoms with Crippen molar-refractivity contribution >= 4 is 50.9 Å². The van der Waals surface area contributed by atoms with Crippen LogP contribution < -0.4 is 4.74 Å². The molecule has 2 amide bonds. The van der Waals surface area contributed by atoms with E-state index in [1.54, 1.807) is 30.3 Å². The number of thioether (sulfide) groups is 1. The number of esters is 1. The van der Waals surface area contributed by atoms with Crippen LogP contribution in [0.1, 0.15) is 18.1 Å². The van der Waals surface area contributed by atoms with Crippen LogP contribution in [-0.2, 0) is 16.1 Å². The minimum Gasteiger partial charge on any atom is -0.427 e. The first kappa shape index (κ1) is 18.4. The van der Waals surface area contributed by atoms with E-state index >= 15 is 0 Å². The van der Waals surface area contributed by atoms with Gasteiger partial charge in [-0.15, -0.1) is 0 Å². The largest absolute Gasteiger partial charge is 0.427 e. The lowest BCUT2D eigenvalue weighted by molar-refractivity contribution is -0.131. The Morgan fingerprint density at radius 3 is 2.58 bits per heavy atom. The maximum Gasteiger partial charge on any atom is 0.308 e. The van der Waals surface area contributed by atoms with E-state index in [1.165, 1.54) is 11.8 Å². The Hall–Kier alpha value is -2.38. The first-order valence-electron chi connectivity index (χ1n) is 7.70. The number of benzene rings is 2. The number of hydrogen-bond acceptors (Lipinski definition) is 5. The average molecular weight is 432 g/mol. The second-order valence-corrected chi connectivity index (χ2v) is 7.47. The number of amides is 2. The fourth-order valence-corrected chi connectivity index (χ4v) is 3.69. The van der Waals surface area contributed by atoms with E-state index in [4.69, 9.17) is 4.74 Å². The Bertz CT molecular complexity index is 908. The van der Waals surface area contributed by atoms with Gasteiger partial charge in [0.05, 0.1) is 11.4 Å². The lowest BCUT2D eigenvalue weighted by Gasteiger charge is -2.12. The lowest BCUT2D eigenvalue weighted by atomic mass is 10.2. The normalized spacial score (nSPS) is 15.6. The third kappa shape index (κ3) is 4.42. The Kier molecular flexibility index (Phi) is 5.58. The summed E-state index contributed by atoms with van der Waals surface area (Å²) in [5.74, 6) is -0.284. The van der Waals surface area contributed by atoms with Crippen molar-refractivity contribution in [2.24, 2.45) is 0 Å². The van der Waals surface area contributed by atoms with E-state index < -0.39 is 5.97 Å². The predicted molar refractivity (Wildman–Crippen MR) is 103 cm³/mol. The van der Waals surface area contributed by atoms with Crippen molar-refractivity contribution in [3.63, 3.8) is 0 Å². The van der Waals surface area contributed by atoms with E-state index in [0.29, 0.717) is 10.7 Å². The molecule has 0 bridgehead atoms. The van der Waals surface area contributed by atoms with Crippen LogP contribution in [0, 0.1) is 0 Å². The number of halogens is 1. The number of ether oxygens (including phenoxy) is 1. The van der Waals surface area contributed by atoms with Crippen LogP contribution in [-0.4, -0.2) is 22.0 Å². The van der Waals surface area contributed by atoms with Crippen LogP contribution in [0.15, 0.2) is 57.9 Å². The molecule has 5 nitrogen and oxygen atoms in total. The number of hydrogen-bond donors (Lipinski definition) is 0. The van der Waals surface area contributed by atoms with Crippen molar-refractivity contribution in [3.8, 4) is 5.75 Å². The average Bonchev–Trinajstić information content (AvgIpc) is 2.84. The third-order valence-corrected chi connectivity index (χ3v) is 4.94. The first-order valence-corrected chi connectivity index (χ1v) is 9.31. The second kappa shape index (κ2) is 7.88. The molecule has 1 aliphatic rings. The van der Waals surface area contributed by atoms with Crippen LogP contribution in [0.2, 0.25) is 0 Å². The minimum absolute atomic E-state index is 0.229. The number of nitrogens with zero attached hydrogens (tertiary/aromatic N) is 1. The number of carbonyl (C=O) groups excluding carboxylic acids is 3. The summed E-state index contributed by atoms with van der Waals surface area (Å²) in [7, 11) is 0. The molecule has 2 aromatic carbocycles. The third-order valence-electron chi connectivity index (χ3n) is 3.54. The topological polar surface area (TPSA) is 63.7 Å². The summed E-state index contributed by atoms with van der Waals surface area (Å²) in [5.41, 5.74) is 1.61. The van der Waals surface area contributed by atoms with Crippen molar-refractivity contribution in [3.05, 3.63) is 69.0 Å². The minimum atomic E-state index is -0.397. The summed E-state index contributed by atoms with van der Waals surface area (Å²) in [4.78, 5) is 37.3. The van der Waals surface area contributed by atoms with Crippen LogP contribution in [0.25, 0.3) is 6.08 Å².